The molecular formula is C8H18BrN. The molecule has 0 saturated heterocycles. The van der Waals surface area contributed by atoms with E-state index >= 15 is 0 Å². The summed E-state index contributed by atoms with van der Waals surface area (Å²) in [5.41, 5.74) is 4.85. The van der Waals surface area contributed by atoms with Crippen LogP contribution in [0.1, 0.15) is 39.0 Å². The van der Waals surface area contributed by atoms with E-state index in [0.29, 0.717) is 0 Å². The zero-order chi connectivity index (χ0) is 7.82. The quantitative estimate of drug-likeness (QED) is 0.608. The van der Waals surface area contributed by atoms with Gasteiger partial charge in [0, 0.05) is 4.83 Å². The van der Waals surface area contributed by atoms with Crippen molar-refractivity contribution in [3.63, 3.8) is 0 Å². The Bertz CT molecular complexity index is 60.3. The van der Waals surface area contributed by atoms with E-state index in [1.165, 1.54) is 32.1 Å². The smallest absolute Gasteiger partial charge is 0.0145 e. The van der Waals surface area contributed by atoms with Crippen LogP contribution in [0.2, 0.25) is 0 Å². The van der Waals surface area contributed by atoms with Gasteiger partial charge in [-0.2, -0.15) is 0 Å². The first-order valence-electron chi connectivity index (χ1n) is 4.15. The van der Waals surface area contributed by atoms with Gasteiger partial charge in [0.1, 0.15) is 0 Å². The van der Waals surface area contributed by atoms with E-state index in [1.54, 1.807) is 0 Å². The fraction of sp³-hybridized carbons (Fsp3) is 1.00. The highest BCUT2D eigenvalue weighted by atomic mass is 79.9. The fourth-order valence-corrected chi connectivity index (χ4v) is 1.70. The van der Waals surface area contributed by atoms with Crippen molar-refractivity contribution in [2.24, 2.45) is 5.73 Å². The summed E-state index contributed by atoms with van der Waals surface area (Å²) >= 11 is 3.59. The number of hydrogen-bond donors (Lipinski definition) is 1. The molecule has 0 unspecified atom stereocenters. The number of halogens is 1. The Kier molecular flexibility index (Phi) is 7.88. The molecule has 0 heterocycles. The van der Waals surface area contributed by atoms with Crippen molar-refractivity contribution in [1.82, 2.24) is 0 Å². The van der Waals surface area contributed by atoms with Gasteiger partial charge in [-0.15, -0.1) is 0 Å². The van der Waals surface area contributed by atoms with Crippen LogP contribution in [0.3, 0.4) is 0 Å². The second-order valence-electron chi connectivity index (χ2n) is 2.64. The first kappa shape index (κ1) is 10.4. The van der Waals surface area contributed by atoms with Crippen LogP contribution in [-0.2, 0) is 0 Å². The lowest BCUT2D eigenvalue weighted by Gasteiger charge is -2.13. The summed E-state index contributed by atoms with van der Waals surface area (Å²) in [5.74, 6) is 0. The Morgan fingerprint density at radius 3 is 1.90 bits per heavy atom. The van der Waals surface area contributed by atoms with Crippen LogP contribution >= 0.6 is 15.9 Å². The molecule has 1 rings (SSSR count). The first-order chi connectivity index (χ1) is 4.81. The topological polar surface area (TPSA) is 26.0 Å². The predicted molar refractivity (Wildman–Crippen MR) is 50.5 cm³/mol. The third kappa shape index (κ3) is 6.56. The van der Waals surface area contributed by atoms with Crippen molar-refractivity contribution in [1.29, 1.82) is 0 Å². The van der Waals surface area contributed by atoms with Crippen molar-refractivity contribution in [3.8, 4) is 0 Å². The average Bonchev–Trinajstić information content (AvgIpc) is 1.91. The van der Waals surface area contributed by atoms with Crippen molar-refractivity contribution >= 4 is 15.9 Å². The van der Waals surface area contributed by atoms with Gasteiger partial charge >= 0.3 is 0 Å². The minimum absolute atomic E-state index is 0.750. The number of nitrogens with two attached hydrogens (primary N) is 1. The Morgan fingerprint density at radius 1 is 1.30 bits per heavy atom. The minimum Gasteiger partial charge on any atom is -0.331 e. The third-order valence-electron chi connectivity index (χ3n) is 1.53. The zero-order valence-corrected chi connectivity index (χ0v) is 8.36. The molecule has 0 spiro atoms. The molecule has 2 heteroatoms. The van der Waals surface area contributed by atoms with Gasteiger partial charge in [-0.25, -0.2) is 0 Å². The monoisotopic (exact) mass is 207 g/mol. The van der Waals surface area contributed by atoms with Gasteiger partial charge in [0.2, 0.25) is 0 Å². The van der Waals surface area contributed by atoms with Gasteiger partial charge in [-0.05, 0) is 19.4 Å². The van der Waals surface area contributed by atoms with Gasteiger partial charge in [0.05, 0.1) is 0 Å². The molecule has 0 radical (unpaired) electrons. The molecule has 0 bridgehead atoms. The van der Waals surface area contributed by atoms with Crippen LogP contribution in [-0.4, -0.2) is 11.4 Å². The molecule has 1 nitrogen and oxygen atoms in total. The van der Waals surface area contributed by atoms with E-state index in [9.17, 15) is 0 Å². The summed E-state index contributed by atoms with van der Waals surface area (Å²) in [7, 11) is 0. The van der Waals surface area contributed by atoms with Crippen molar-refractivity contribution in [2.75, 3.05) is 6.54 Å². The molecule has 62 valence electrons. The van der Waals surface area contributed by atoms with Crippen LogP contribution in [0.4, 0.5) is 0 Å². The maximum Gasteiger partial charge on any atom is 0.0145 e. The van der Waals surface area contributed by atoms with Gasteiger partial charge < -0.3 is 5.73 Å². The summed E-state index contributed by atoms with van der Waals surface area (Å²) in [6, 6.07) is 0. The van der Waals surface area contributed by atoms with Crippen LogP contribution in [0.5, 0.6) is 0 Å². The first-order valence-corrected chi connectivity index (χ1v) is 5.07. The molecule has 1 fully saturated rings. The third-order valence-corrected chi connectivity index (χ3v) is 2.45. The molecule has 0 amide bonds. The highest BCUT2D eigenvalue weighted by molar-refractivity contribution is 9.09. The SMILES string of the molecule is BrC1CCCCC1.CCN. The highest BCUT2D eigenvalue weighted by Gasteiger charge is 2.07. The van der Waals surface area contributed by atoms with Crippen LogP contribution in [0.25, 0.3) is 0 Å². The van der Waals surface area contributed by atoms with Gasteiger partial charge in [-0.3, -0.25) is 0 Å². The second-order valence-corrected chi connectivity index (χ2v) is 3.94. The van der Waals surface area contributed by atoms with E-state index in [1.807, 2.05) is 6.92 Å². The van der Waals surface area contributed by atoms with Crippen molar-refractivity contribution in [3.05, 3.63) is 0 Å². The maximum atomic E-state index is 4.85. The van der Waals surface area contributed by atoms with Gasteiger partial charge in [0.25, 0.3) is 0 Å². The molecule has 1 saturated carbocycles. The molecule has 0 aliphatic heterocycles. The van der Waals surface area contributed by atoms with Crippen molar-refractivity contribution < 1.29 is 0 Å². The Labute approximate surface area is 72.5 Å². The molecule has 0 aromatic heterocycles. The molecule has 2 N–H and O–H groups in total. The zero-order valence-electron chi connectivity index (χ0n) is 6.78. The molecule has 0 atom stereocenters. The fourth-order valence-electron chi connectivity index (χ4n) is 1.05. The standard InChI is InChI=1S/C6H11Br.C2H7N/c7-6-4-2-1-3-5-6;1-2-3/h6H,1-5H2;2-3H2,1H3. The Hall–Kier alpha value is 0.440. The molecule has 10 heavy (non-hydrogen) atoms. The van der Waals surface area contributed by atoms with Gasteiger partial charge in [0.15, 0.2) is 0 Å². The van der Waals surface area contributed by atoms with Crippen molar-refractivity contribution in [2.45, 2.75) is 43.9 Å². The molecule has 1 aliphatic carbocycles. The largest absolute Gasteiger partial charge is 0.331 e. The highest BCUT2D eigenvalue weighted by Crippen LogP contribution is 2.22. The Balaban J connectivity index is 0.000000236. The van der Waals surface area contributed by atoms with Crippen LogP contribution in [0, 0.1) is 0 Å². The Morgan fingerprint density at radius 2 is 1.70 bits per heavy atom. The van der Waals surface area contributed by atoms with Crippen LogP contribution < -0.4 is 5.73 Å². The van der Waals surface area contributed by atoms with E-state index < -0.39 is 0 Å². The normalized spacial score (nSPS) is 19.5. The van der Waals surface area contributed by atoms with E-state index in [2.05, 4.69) is 15.9 Å². The van der Waals surface area contributed by atoms with E-state index in [0.717, 1.165) is 11.4 Å². The van der Waals surface area contributed by atoms with Gasteiger partial charge in [-0.1, -0.05) is 42.1 Å². The molecule has 0 aromatic rings. The lowest BCUT2D eigenvalue weighted by Crippen LogP contribution is -2.02. The average molecular weight is 208 g/mol. The lowest BCUT2D eigenvalue weighted by molar-refractivity contribution is 0.521. The van der Waals surface area contributed by atoms with E-state index in [4.69, 9.17) is 5.73 Å². The van der Waals surface area contributed by atoms with Crippen LogP contribution in [0.15, 0.2) is 0 Å². The number of hydrogen-bond acceptors (Lipinski definition) is 1. The summed E-state index contributed by atoms with van der Waals surface area (Å²) in [6.45, 7) is 2.65. The number of alkyl halides is 1. The summed E-state index contributed by atoms with van der Waals surface area (Å²) in [5, 5.41) is 0. The second kappa shape index (κ2) is 7.55. The lowest BCUT2D eigenvalue weighted by atomic mass is 10.0. The molecular weight excluding hydrogens is 190 g/mol. The maximum absolute atomic E-state index is 4.85. The summed E-state index contributed by atoms with van der Waals surface area (Å²) in [6.07, 6.45) is 7.15. The molecule has 1 aliphatic rings. The van der Waals surface area contributed by atoms with E-state index in [-0.39, 0.29) is 0 Å². The predicted octanol–water partition coefficient (Wildman–Crippen LogP) is 2.68. The number of rotatable bonds is 0. The summed E-state index contributed by atoms with van der Waals surface area (Å²) < 4.78 is 0. The molecule has 0 aromatic carbocycles. The minimum atomic E-state index is 0.750. The summed E-state index contributed by atoms with van der Waals surface area (Å²) in [4.78, 5) is 0.848.